The number of hydrogen-bond acceptors (Lipinski definition) is 5. The zero-order valence-corrected chi connectivity index (χ0v) is 13.9. The fraction of sp³-hybridized carbons (Fsp3) is 0.500. The zero-order chi connectivity index (χ0) is 17.3. The number of benzene rings is 1. The molecule has 2 atom stereocenters. The number of ether oxygens (including phenoxy) is 2. The van der Waals surface area contributed by atoms with Crippen LogP contribution in [0.25, 0.3) is 0 Å². The van der Waals surface area contributed by atoms with E-state index in [1.807, 2.05) is 13.8 Å². The van der Waals surface area contributed by atoms with E-state index in [-0.39, 0.29) is 11.8 Å². The number of rotatable bonds is 5. The van der Waals surface area contributed by atoms with Crippen LogP contribution in [0.4, 0.5) is 11.4 Å². The molecule has 23 heavy (non-hydrogen) atoms. The van der Waals surface area contributed by atoms with Crippen LogP contribution in [0.5, 0.6) is 11.5 Å². The molecule has 7 heteroatoms. The molecule has 0 aromatic heterocycles. The third kappa shape index (κ3) is 2.91. The van der Waals surface area contributed by atoms with Crippen molar-refractivity contribution in [1.82, 2.24) is 0 Å². The molecule has 126 valence electrons. The summed E-state index contributed by atoms with van der Waals surface area (Å²) in [7, 11) is 3.01. The Labute approximate surface area is 135 Å². The van der Waals surface area contributed by atoms with Crippen molar-refractivity contribution in [1.29, 1.82) is 0 Å². The van der Waals surface area contributed by atoms with Crippen molar-refractivity contribution in [2.75, 3.05) is 24.4 Å². The molecule has 1 aromatic carbocycles. The quantitative estimate of drug-likeness (QED) is 0.861. The fourth-order valence-corrected chi connectivity index (χ4v) is 2.64. The first-order valence-corrected chi connectivity index (χ1v) is 7.40. The highest BCUT2D eigenvalue weighted by molar-refractivity contribution is 6.08. The van der Waals surface area contributed by atoms with Gasteiger partial charge in [-0.05, 0) is 12.8 Å². The smallest absolute Gasteiger partial charge is 0.326 e. The van der Waals surface area contributed by atoms with Gasteiger partial charge in [-0.2, -0.15) is 0 Å². The van der Waals surface area contributed by atoms with Crippen LogP contribution in [-0.2, 0) is 9.59 Å². The molecule has 2 unspecified atom stereocenters. The number of carboxylic acid groups (broad SMARTS) is 1. The molecule has 1 aliphatic heterocycles. The first-order chi connectivity index (χ1) is 10.8. The number of hydrogen-bond donors (Lipinski definition) is 2. The van der Waals surface area contributed by atoms with Crippen molar-refractivity contribution in [2.24, 2.45) is 5.92 Å². The Morgan fingerprint density at radius 3 is 2.26 bits per heavy atom. The van der Waals surface area contributed by atoms with Crippen molar-refractivity contribution in [3.05, 3.63) is 12.1 Å². The van der Waals surface area contributed by atoms with E-state index in [2.05, 4.69) is 5.32 Å². The maximum absolute atomic E-state index is 12.8. The summed E-state index contributed by atoms with van der Waals surface area (Å²) in [4.78, 5) is 25.5. The Bertz CT molecular complexity index is 629. The zero-order valence-electron chi connectivity index (χ0n) is 13.9. The molecule has 2 N–H and O–H groups in total. The van der Waals surface area contributed by atoms with Crippen molar-refractivity contribution < 1.29 is 24.2 Å². The summed E-state index contributed by atoms with van der Waals surface area (Å²) in [5.74, 6) is -0.379. The van der Waals surface area contributed by atoms with Gasteiger partial charge in [-0.3, -0.25) is 9.69 Å². The normalized spacial score (nSPS) is 18.3. The third-order valence-electron chi connectivity index (χ3n) is 3.99. The summed E-state index contributed by atoms with van der Waals surface area (Å²) in [6, 6.07) is 1.86. The highest BCUT2D eigenvalue weighted by Gasteiger charge is 2.39. The van der Waals surface area contributed by atoms with Crippen LogP contribution in [0.2, 0.25) is 0 Å². The number of methoxy groups -OCH3 is 2. The largest absolute Gasteiger partial charge is 0.493 e. The van der Waals surface area contributed by atoms with Crippen molar-refractivity contribution in [2.45, 2.75) is 32.9 Å². The number of fused-ring (bicyclic) bond motifs is 1. The van der Waals surface area contributed by atoms with Gasteiger partial charge in [0.05, 0.1) is 25.6 Å². The minimum atomic E-state index is -1.07. The van der Waals surface area contributed by atoms with E-state index in [0.717, 1.165) is 0 Å². The van der Waals surface area contributed by atoms with E-state index < -0.39 is 18.1 Å². The Balaban J connectivity index is 2.62. The fourth-order valence-electron chi connectivity index (χ4n) is 2.64. The number of aliphatic carboxylic acids is 1. The number of nitrogens with one attached hydrogen (secondary N) is 1. The predicted molar refractivity (Wildman–Crippen MR) is 86.4 cm³/mol. The van der Waals surface area contributed by atoms with Crippen LogP contribution in [0.15, 0.2) is 12.1 Å². The highest BCUT2D eigenvalue weighted by Crippen LogP contribution is 2.42. The molecule has 1 heterocycles. The Hall–Kier alpha value is -2.44. The number of nitrogens with zero attached hydrogens (tertiary/aromatic N) is 1. The van der Waals surface area contributed by atoms with Crippen molar-refractivity contribution in [3.8, 4) is 11.5 Å². The molecular weight excluding hydrogens is 300 g/mol. The number of anilines is 2. The van der Waals surface area contributed by atoms with Crippen molar-refractivity contribution >= 4 is 23.3 Å². The summed E-state index contributed by atoms with van der Waals surface area (Å²) in [5, 5.41) is 12.5. The lowest BCUT2D eigenvalue weighted by Crippen LogP contribution is -2.54. The van der Waals surface area contributed by atoms with Gasteiger partial charge in [0.25, 0.3) is 5.91 Å². The number of carboxylic acids is 1. The summed E-state index contributed by atoms with van der Waals surface area (Å²) in [5.41, 5.74) is 1.12. The standard InChI is InChI=1S/C16H22N2O5/c1-8(2)14-15(19)18(9(3)16(20)21)11-7-13(23-5)12(22-4)6-10(11)17-14/h6-9,14,17H,1-5H3,(H,20,21). The molecule has 0 aliphatic carbocycles. The molecule has 0 fully saturated rings. The molecule has 2 rings (SSSR count). The lowest BCUT2D eigenvalue weighted by Gasteiger charge is -2.39. The molecular formula is C16H22N2O5. The second-order valence-corrected chi connectivity index (χ2v) is 5.81. The van der Waals surface area contributed by atoms with E-state index in [0.29, 0.717) is 22.9 Å². The van der Waals surface area contributed by atoms with Gasteiger partial charge in [0.2, 0.25) is 0 Å². The number of carbonyl (C=O) groups is 2. The van der Waals surface area contributed by atoms with Crippen LogP contribution in [0, 0.1) is 5.92 Å². The van der Waals surface area contributed by atoms with Gasteiger partial charge in [-0.15, -0.1) is 0 Å². The molecule has 0 saturated heterocycles. The Morgan fingerprint density at radius 1 is 1.22 bits per heavy atom. The summed E-state index contributed by atoms with van der Waals surface area (Å²) in [6.07, 6.45) is 0. The van der Waals surface area contributed by atoms with Gasteiger partial charge in [0.1, 0.15) is 12.1 Å². The molecule has 1 aromatic rings. The second kappa shape index (κ2) is 6.36. The number of amides is 1. The van der Waals surface area contributed by atoms with Gasteiger partial charge in [0.15, 0.2) is 11.5 Å². The topological polar surface area (TPSA) is 88.1 Å². The summed E-state index contributed by atoms with van der Waals surface area (Å²) >= 11 is 0. The first kappa shape index (κ1) is 16.9. The van der Waals surface area contributed by atoms with E-state index in [4.69, 9.17) is 9.47 Å². The molecule has 0 bridgehead atoms. The molecule has 7 nitrogen and oxygen atoms in total. The van der Waals surface area contributed by atoms with Gasteiger partial charge in [-0.25, -0.2) is 4.79 Å². The molecule has 1 amide bonds. The summed E-state index contributed by atoms with van der Waals surface area (Å²) < 4.78 is 10.5. The maximum atomic E-state index is 12.8. The van der Waals surface area contributed by atoms with E-state index in [1.54, 1.807) is 12.1 Å². The minimum Gasteiger partial charge on any atom is -0.493 e. The molecule has 0 radical (unpaired) electrons. The Morgan fingerprint density at radius 2 is 1.78 bits per heavy atom. The molecule has 1 aliphatic rings. The highest BCUT2D eigenvalue weighted by atomic mass is 16.5. The van der Waals surface area contributed by atoms with Gasteiger partial charge >= 0.3 is 5.97 Å². The lowest BCUT2D eigenvalue weighted by atomic mass is 9.97. The van der Waals surface area contributed by atoms with Gasteiger partial charge in [0, 0.05) is 12.1 Å². The molecule has 0 saturated carbocycles. The van der Waals surface area contributed by atoms with Gasteiger partial charge in [-0.1, -0.05) is 13.8 Å². The predicted octanol–water partition coefficient (Wildman–Crippen LogP) is 1.96. The van der Waals surface area contributed by atoms with E-state index >= 15 is 0 Å². The Kier molecular flexibility index (Phi) is 4.68. The second-order valence-electron chi connectivity index (χ2n) is 5.81. The minimum absolute atomic E-state index is 0.00671. The third-order valence-corrected chi connectivity index (χ3v) is 3.99. The maximum Gasteiger partial charge on any atom is 0.326 e. The average molecular weight is 322 g/mol. The average Bonchev–Trinajstić information content (AvgIpc) is 2.52. The van der Waals surface area contributed by atoms with Crippen LogP contribution in [0.3, 0.4) is 0 Å². The monoisotopic (exact) mass is 322 g/mol. The van der Waals surface area contributed by atoms with Crippen molar-refractivity contribution in [3.63, 3.8) is 0 Å². The lowest BCUT2D eigenvalue weighted by molar-refractivity contribution is -0.139. The SMILES string of the molecule is COc1cc2c(cc1OC)N(C(C)C(=O)O)C(=O)C(C(C)C)N2. The van der Waals surface area contributed by atoms with Crippen LogP contribution < -0.4 is 19.7 Å². The van der Waals surface area contributed by atoms with Crippen LogP contribution in [0.1, 0.15) is 20.8 Å². The first-order valence-electron chi connectivity index (χ1n) is 7.40. The van der Waals surface area contributed by atoms with Gasteiger partial charge < -0.3 is 19.9 Å². The van der Waals surface area contributed by atoms with Crippen LogP contribution in [-0.4, -0.2) is 43.3 Å². The van der Waals surface area contributed by atoms with Crippen LogP contribution >= 0.6 is 0 Å². The molecule has 0 spiro atoms. The number of carbonyl (C=O) groups excluding carboxylic acids is 1. The summed E-state index contributed by atoms with van der Waals surface area (Å²) in [6.45, 7) is 5.30. The van der Waals surface area contributed by atoms with E-state index in [9.17, 15) is 14.7 Å². The van der Waals surface area contributed by atoms with E-state index in [1.165, 1.54) is 26.0 Å².